The SMILES string of the molecule is Clc1ccnn1Cc1cccc(Br)c1. The third-order valence-corrected chi connectivity index (χ3v) is 2.70. The number of nitrogens with zero attached hydrogens (tertiary/aromatic N) is 2. The first-order chi connectivity index (χ1) is 6.75. The molecule has 0 aliphatic carbocycles. The van der Waals surface area contributed by atoms with E-state index >= 15 is 0 Å². The lowest BCUT2D eigenvalue weighted by Crippen LogP contribution is -2.01. The highest BCUT2D eigenvalue weighted by Crippen LogP contribution is 2.14. The van der Waals surface area contributed by atoms with Crippen molar-refractivity contribution in [2.45, 2.75) is 6.54 Å². The van der Waals surface area contributed by atoms with Gasteiger partial charge < -0.3 is 0 Å². The number of aromatic nitrogens is 2. The van der Waals surface area contributed by atoms with Gasteiger partial charge in [-0.15, -0.1) is 0 Å². The number of halogens is 2. The summed E-state index contributed by atoms with van der Waals surface area (Å²) in [4.78, 5) is 0. The molecular weight excluding hydrogens is 263 g/mol. The molecule has 72 valence electrons. The van der Waals surface area contributed by atoms with E-state index in [-0.39, 0.29) is 0 Å². The first kappa shape index (κ1) is 9.74. The number of benzene rings is 1. The Bertz CT molecular complexity index is 439. The highest BCUT2D eigenvalue weighted by atomic mass is 79.9. The van der Waals surface area contributed by atoms with Gasteiger partial charge in [-0.25, -0.2) is 4.68 Å². The van der Waals surface area contributed by atoms with Crippen LogP contribution in [0.4, 0.5) is 0 Å². The average Bonchev–Trinajstić information content (AvgIpc) is 2.52. The second kappa shape index (κ2) is 4.15. The molecule has 0 N–H and O–H groups in total. The van der Waals surface area contributed by atoms with Crippen LogP contribution in [0.1, 0.15) is 5.56 Å². The van der Waals surface area contributed by atoms with Crippen molar-refractivity contribution >= 4 is 27.5 Å². The van der Waals surface area contributed by atoms with E-state index in [2.05, 4.69) is 27.1 Å². The minimum absolute atomic E-state index is 0.657. The van der Waals surface area contributed by atoms with Gasteiger partial charge in [-0.1, -0.05) is 39.7 Å². The van der Waals surface area contributed by atoms with Gasteiger partial charge in [-0.2, -0.15) is 5.10 Å². The zero-order valence-corrected chi connectivity index (χ0v) is 9.66. The summed E-state index contributed by atoms with van der Waals surface area (Å²) >= 11 is 9.34. The van der Waals surface area contributed by atoms with E-state index < -0.39 is 0 Å². The Labute approximate surface area is 95.6 Å². The van der Waals surface area contributed by atoms with Gasteiger partial charge in [0.1, 0.15) is 5.15 Å². The monoisotopic (exact) mass is 270 g/mol. The smallest absolute Gasteiger partial charge is 0.127 e. The van der Waals surface area contributed by atoms with Crippen molar-refractivity contribution in [3.63, 3.8) is 0 Å². The first-order valence-corrected chi connectivity index (χ1v) is 5.34. The number of hydrogen-bond donors (Lipinski definition) is 0. The van der Waals surface area contributed by atoms with Crippen LogP contribution in [0.2, 0.25) is 5.15 Å². The Morgan fingerprint density at radius 2 is 2.21 bits per heavy atom. The molecule has 0 spiro atoms. The molecule has 0 radical (unpaired) electrons. The first-order valence-electron chi connectivity index (χ1n) is 4.17. The summed E-state index contributed by atoms with van der Waals surface area (Å²) in [6.45, 7) is 0.700. The van der Waals surface area contributed by atoms with Crippen molar-refractivity contribution < 1.29 is 0 Å². The van der Waals surface area contributed by atoms with Crippen LogP contribution in [0.3, 0.4) is 0 Å². The molecule has 0 amide bonds. The summed E-state index contributed by atoms with van der Waals surface area (Å²) in [5, 5.41) is 4.77. The fourth-order valence-electron chi connectivity index (χ4n) is 1.24. The molecule has 2 aromatic rings. The predicted octanol–water partition coefficient (Wildman–Crippen LogP) is 3.35. The van der Waals surface area contributed by atoms with Gasteiger partial charge in [0.2, 0.25) is 0 Å². The van der Waals surface area contributed by atoms with Crippen LogP contribution in [0.15, 0.2) is 41.0 Å². The minimum atomic E-state index is 0.657. The lowest BCUT2D eigenvalue weighted by atomic mass is 10.2. The molecule has 0 unspecified atom stereocenters. The number of hydrogen-bond acceptors (Lipinski definition) is 1. The van der Waals surface area contributed by atoms with Gasteiger partial charge in [0.15, 0.2) is 0 Å². The van der Waals surface area contributed by atoms with Gasteiger partial charge in [0.05, 0.1) is 12.7 Å². The Hall–Kier alpha value is -0.800. The lowest BCUT2D eigenvalue weighted by molar-refractivity contribution is 0.687. The van der Waals surface area contributed by atoms with Crippen LogP contribution < -0.4 is 0 Å². The van der Waals surface area contributed by atoms with Gasteiger partial charge in [0, 0.05) is 4.47 Å². The summed E-state index contributed by atoms with van der Waals surface area (Å²) < 4.78 is 2.82. The van der Waals surface area contributed by atoms with Crippen LogP contribution in [0.5, 0.6) is 0 Å². The molecule has 1 aromatic carbocycles. The van der Waals surface area contributed by atoms with E-state index in [0.717, 1.165) is 4.47 Å². The van der Waals surface area contributed by atoms with Gasteiger partial charge in [-0.05, 0) is 23.8 Å². The second-order valence-corrected chi connectivity index (χ2v) is 4.24. The van der Waals surface area contributed by atoms with Crippen LogP contribution in [0, 0.1) is 0 Å². The van der Waals surface area contributed by atoms with Crippen LogP contribution in [-0.4, -0.2) is 9.78 Å². The summed E-state index contributed by atoms with van der Waals surface area (Å²) in [5.74, 6) is 0. The fraction of sp³-hybridized carbons (Fsp3) is 0.100. The minimum Gasteiger partial charge on any atom is -0.250 e. The molecule has 2 rings (SSSR count). The van der Waals surface area contributed by atoms with Gasteiger partial charge in [0.25, 0.3) is 0 Å². The van der Waals surface area contributed by atoms with E-state index in [9.17, 15) is 0 Å². The van der Waals surface area contributed by atoms with Crippen LogP contribution in [-0.2, 0) is 6.54 Å². The molecule has 0 bridgehead atoms. The molecule has 14 heavy (non-hydrogen) atoms. The van der Waals surface area contributed by atoms with Crippen LogP contribution in [0.25, 0.3) is 0 Å². The Balaban J connectivity index is 2.23. The standard InChI is InChI=1S/C10H8BrClN2/c11-9-3-1-2-8(6-9)7-14-10(12)4-5-13-14/h1-6H,7H2. The predicted molar refractivity (Wildman–Crippen MR) is 60.5 cm³/mol. The van der Waals surface area contributed by atoms with Crippen molar-refractivity contribution in [2.24, 2.45) is 0 Å². The summed E-state index contributed by atoms with van der Waals surface area (Å²) in [6.07, 6.45) is 1.69. The maximum absolute atomic E-state index is 5.92. The van der Waals surface area contributed by atoms with E-state index in [1.165, 1.54) is 5.56 Å². The fourth-order valence-corrected chi connectivity index (χ4v) is 1.85. The number of rotatable bonds is 2. The highest BCUT2D eigenvalue weighted by molar-refractivity contribution is 9.10. The molecule has 0 fully saturated rings. The third kappa shape index (κ3) is 2.16. The Kier molecular flexibility index (Phi) is 2.89. The van der Waals surface area contributed by atoms with Crippen molar-refractivity contribution in [3.05, 3.63) is 51.7 Å². The van der Waals surface area contributed by atoms with Crippen molar-refractivity contribution in [1.29, 1.82) is 0 Å². The normalized spacial score (nSPS) is 10.4. The summed E-state index contributed by atoms with van der Waals surface area (Å²) in [7, 11) is 0. The Morgan fingerprint density at radius 3 is 2.86 bits per heavy atom. The third-order valence-electron chi connectivity index (χ3n) is 1.89. The molecule has 1 aromatic heterocycles. The summed E-state index contributed by atoms with van der Waals surface area (Å²) in [6, 6.07) is 9.87. The molecule has 4 heteroatoms. The lowest BCUT2D eigenvalue weighted by Gasteiger charge is -2.03. The molecular formula is C10H8BrClN2. The zero-order chi connectivity index (χ0) is 9.97. The van der Waals surface area contributed by atoms with E-state index in [0.29, 0.717) is 11.7 Å². The van der Waals surface area contributed by atoms with Crippen molar-refractivity contribution in [1.82, 2.24) is 9.78 Å². The molecule has 0 atom stereocenters. The van der Waals surface area contributed by atoms with Gasteiger partial charge >= 0.3 is 0 Å². The molecule has 1 heterocycles. The second-order valence-electron chi connectivity index (χ2n) is 2.94. The largest absolute Gasteiger partial charge is 0.250 e. The summed E-state index contributed by atoms with van der Waals surface area (Å²) in [5.41, 5.74) is 1.17. The maximum atomic E-state index is 5.92. The highest BCUT2D eigenvalue weighted by Gasteiger charge is 2.00. The zero-order valence-electron chi connectivity index (χ0n) is 7.32. The van der Waals surface area contributed by atoms with E-state index in [4.69, 9.17) is 11.6 Å². The van der Waals surface area contributed by atoms with Crippen LogP contribution >= 0.6 is 27.5 Å². The van der Waals surface area contributed by atoms with Crippen molar-refractivity contribution in [3.8, 4) is 0 Å². The molecule has 0 aliphatic rings. The average molecular weight is 272 g/mol. The topological polar surface area (TPSA) is 17.8 Å². The molecule has 2 nitrogen and oxygen atoms in total. The molecule has 0 saturated heterocycles. The molecule has 0 aliphatic heterocycles. The van der Waals surface area contributed by atoms with E-state index in [1.54, 1.807) is 16.9 Å². The maximum Gasteiger partial charge on any atom is 0.127 e. The van der Waals surface area contributed by atoms with Gasteiger partial charge in [-0.3, -0.25) is 0 Å². The quantitative estimate of drug-likeness (QED) is 0.819. The van der Waals surface area contributed by atoms with Crippen molar-refractivity contribution in [2.75, 3.05) is 0 Å². The Morgan fingerprint density at radius 1 is 1.36 bits per heavy atom. The van der Waals surface area contributed by atoms with E-state index in [1.807, 2.05) is 18.2 Å². The molecule has 0 saturated carbocycles.